The summed E-state index contributed by atoms with van der Waals surface area (Å²) in [4.78, 5) is 8.38. The molecule has 0 bridgehead atoms. The number of nitrogens with zero attached hydrogens (tertiary/aromatic N) is 2. The molecule has 0 radical (unpaired) electrons. The summed E-state index contributed by atoms with van der Waals surface area (Å²) in [5.41, 5.74) is 3.11. The maximum Gasteiger partial charge on any atom is 0.240 e. The molecule has 0 unspecified atom stereocenters. The van der Waals surface area contributed by atoms with E-state index in [1.54, 1.807) is 12.4 Å². The van der Waals surface area contributed by atoms with E-state index in [4.69, 9.17) is 4.74 Å². The van der Waals surface area contributed by atoms with Crippen LogP contribution in [0.2, 0.25) is 0 Å². The largest absolute Gasteiger partial charge is 0.437 e. The van der Waals surface area contributed by atoms with Gasteiger partial charge in [0.15, 0.2) is 0 Å². The molecule has 0 aliphatic rings. The van der Waals surface area contributed by atoms with Crippen LogP contribution in [0, 0.1) is 13.8 Å². The predicted octanol–water partition coefficient (Wildman–Crippen LogP) is 3.45. The standard InChI is InChI=1S/C14H16N2O/c1-4-12-7-5-6-10(2)13(12)17-14-11(3)15-8-9-16-14/h5-9H,4H2,1-3H3. The molecule has 88 valence electrons. The number of aromatic nitrogens is 2. The van der Waals surface area contributed by atoms with Crippen LogP contribution in [0.3, 0.4) is 0 Å². The normalized spacial score (nSPS) is 10.3. The van der Waals surface area contributed by atoms with Gasteiger partial charge in [0.05, 0.1) is 5.69 Å². The van der Waals surface area contributed by atoms with E-state index in [0.29, 0.717) is 5.88 Å². The first kappa shape index (κ1) is 11.6. The Bertz CT molecular complexity index is 523. The van der Waals surface area contributed by atoms with Crippen LogP contribution in [0.5, 0.6) is 11.6 Å². The van der Waals surface area contributed by atoms with Crippen molar-refractivity contribution in [3.05, 3.63) is 47.4 Å². The Morgan fingerprint density at radius 3 is 2.59 bits per heavy atom. The van der Waals surface area contributed by atoms with Crippen molar-refractivity contribution in [2.75, 3.05) is 0 Å². The summed E-state index contributed by atoms with van der Waals surface area (Å²) < 4.78 is 5.89. The lowest BCUT2D eigenvalue weighted by Crippen LogP contribution is -1.97. The zero-order valence-electron chi connectivity index (χ0n) is 10.4. The van der Waals surface area contributed by atoms with E-state index < -0.39 is 0 Å². The lowest BCUT2D eigenvalue weighted by Gasteiger charge is -2.12. The van der Waals surface area contributed by atoms with Crippen LogP contribution in [-0.2, 0) is 6.42 Å². The molecule has 0 aliphatic heterocycles. The van der Waals surface area contributed by atoms with E-state index in [-0.39, 0.29) is 0 Å². The number of rotatable bonds is 3. The molecule has 17 heavy (non-hydrogen) atoms. The number of hydrogen-bond donors (Lipinski definition) is 0. The van der Waals surface area contributed by atoms with Gasteiger partial charge in [-0.15, -0.1) is 0 Å². The fourth-order valence-electron chi connectivity index (χ4n) is 1.73. The molecule has 2 rings (SSSR count). The summed E-state index contributed by atoms with van der Waals surface area (Å²) in [7, 11) is 0. The molecule has 0 spiro atoms. The second-order valence-electron chi connectivity index (χ2n) is 3.97. The lowest BCUT2D eigenvalue weighted by molar-refractivity contribution is 0.447. The van der Waals surface area contributed by atoms with Gasteiger partial charge in [-0.3, -0.25) is 4.98 Å². The predicted molar refractivity (Wildman–Crippen MR) is 67.4 cm³/mol. The SMILES string of the molecule is CCc1cccc(C)c1Oc1nccnc1C. The summed E-state index contributed by atoms with van der Waals surface area (Å²) in [5, 5.41) is 0. The fourth-order valence-corrected chi connectivity index (χ4v) is 1.73. The Morgan fingerprint density at radius 1 is 1.12 bits per heavy atom. The first-order valence-corrected chi connectivity index (χ1v) is 5.76. The molecule has 2 aromatic rings. The number of hydrogen-bond acceptors (Lipinski definition) is 3. The summed E-state index contributed by atoms with van der Waals surface area (Å²) in [6.07, 6.45) is 4.25. The number of ether oxygens (including phenoxy) is 1. The van der Waals surface area contributed by atoms with Crippen LogP contribution in [0.25, 0.3) is 0 Å². The summed E-state index contributed by atoms with van der Waals surface area (Å²) in [6, 6.07) is 6.17. The minimum Gasteiger partial charge on any atom is -0.437 e. The van der Waals surface area contributed by atoms with Crippen LogP contribution in [0.4, 0.5) is 0 Å². The van der Waals surface area contributed by atoms with Crippen molar-refractivity contribution in [2.24, 2.45) is 0 Å². The molecule has 0 saturated carbocycles. The summed E-state index contributed by atoms with van der Waals surface area (Å²) >= 11 is 0. The van der Waals surface area contributed by atoms with Crippen LogP contribution in [-0.4, -0.2) is 9.97 Å². The molecule has 3 nitrogen and oxygen atoms in total. The second kappa shape index (κ2) is 4.95. The van der Waals surface area contributed by atoms with Crippen molar-refractivity contribution in [1.82, 2.24) is 9.97 Å². The maximum absolute atomic E-state index is 5.89. The van der Waals surface area contributed by atoms with Crippen LogP contribution in [0.1, 0.15) is 23.7 Å². The molecule has 0 amide bonds. The van der Waals surface area contributed by atoms with Crippen molar-refractivity contribution < 1.29 is 4.74 Å². The minimum absolute atomic E-state index is 0.580. The summed E-state index contributed by atoms with van der Waals surface area (Å²) in [6.45, 7) is 6.05. The molecule has 0 fully saturated rings. The van der Waals surface area contributed by atoms with Gasteiger partial charge in [-0.2, -0.15) is 0 Å². The fraction of sp³-hybridized carbons (Fsp3) is 0.286. The first-order valence-electron chi connectivity index (χ1n) is 5.76. The minimum atomic E-state index is 0.580. The van der Waals surface area contributed by atoms with Gasteiger partial charge in [-0.25, -0.2) is 4.98 Å². The Kier molecular flexibility index (Phi) is 3.38. The molecular weight excluding hydrogens is 212 g/mol. The van der Waals surface area contributed by atoms with E-state index >= 15 is 0 Å². The molecule has 1 aromatic heterocycles. The van der Waals surface area contributed by atoms with Crippen molar-refractivity contribution in [1.29, 1.82) is 0 Å². The zero-order valence-corrected chi connectivity index (χ0v) is 10.4. The Labute approximate surface area is 102 Å². The van der Waals surface area contributed by atoms with Gasteiger partial charge in [0, 0.05) is 12.4 Å². The first-order chi connectivity index (χ1) is 8.22. The highest BCUT2D eigenvalue weighted by molar-refractivity contribution is 5.43. The van der Waals surface area contributed by atoms with Gasteiger partial charge < -0.3 is 4.74 Å². The van der Waals surface area contributed by atoms with Gasteiger partial charge in [0.1, 0.15) is 5.75 Å². The smallest absolute Gasteiger partial charge is 0.240 e. The van der Waals surface area contributed by atoms with Crippen molar-refractivity contribution in [2.45, 2.75) is 27.2 Å². The molecule has 0 aliphatic carbocycles. The zero-order chi connectivity index (χ0) is 12.3. The van der Waals surface area contributed by atoms with Crippen LogP contribution < -0.4 is 4.74 Å². The second-order valence-corrected chi connectivity index (χ2v) is 3.97. The lowest BCUT2D eigenvalue weighted by atomic mass is 10.1. The molecule has 0 saturated heterocycles. The number of aryl methyl sites for hydroxylation is 3. The monoisotopic (exact) mass is 228 g/mol. The molecule has 1 heterocycles. The van der Waals surface area contributed by atoms with E-state index in [2.05, 4.69) is 23.0 Å². The van der Waals surface area contributed by atoms with E-state index in [0.717, 1.165) is 23.4 Å². The maximum atomic E-state index is 5.89. The third kappa shape index (κ3) is 2.44. The number of para-hydroxylation sites is 1. The van der Waals surface area contributed by atoms with Gasteiger partial charge in [0.2, 0.25) is 5.88 Å². The Morgan fingerprint density at radius 2 is 1.88 bits per heavy atom. The Hall–Kier alpha value is -1.90. The average Bonchev–Trinajstić information content (AvgIpc) is 2.34. The quantitative estimate of drug-likeness (QED) is 0.807. The van der Waals surface area contributed by atoms with E-state index in [1.165, 1.54) is 5.56 Å². The van der Waals surface area contributed by atoms with Crippen molar-refractivity contribution >= 4 is 0 Å². The Balaban J connectivity index is 2.39. The molecule has 0 atom stereocenters. The third-order valence-corrected chi connectivity index (χ3v) is 2.71. The molecule has 3 heteroatoms. The summed E-state index contributed by atoms with van der Waals surface area (Å²) in [5.74, 6) is 1.48. The highest BCUT2D eigenvalue weighted by Gasteiger charge is 2.09. The molecule has 0 N–H and O–H groups in total. The van der Waals surface area contributed by atoms with E-state index in [1.807, 2.05) is 26.0 Å². The van der Waals surface area contributed by atoms with Gasteiger partial charge >= 0.3 is 0 Å². The van der Waals surface area contributed by atoms with E-state index in [9.17, 15) is 0 Å². The molecule has 1 aromatic carbocycles. The van der Waals surface area contributed by atoms with Crippen molar-refractivity contribution in [3.8, 4) is 11.6 Å². The van der Waals surface area contributed by atoms with Crippen LogP contribution >= 0.6 is 0 Å². The highest BCUT2D eigenvalue weighted by Crippen LogP contribution is 2.29. The average molecular weight is 228 g/mol. The van der Waals surface area contributed by atoms with Gasteiger partial charge in [-0.1, -0.05) is 25.1 Å². The number of benzene rings is 1. The molecular formula is C14H16N2O. The van der Waals surface area contributed by atoms with Crippen molar-refractivity contribution in [3.63, 3.8) is 0 Å². The van der Waals surface area contributed by atoms with Gasteiger partial charge in [0.25, 0.3) is 0 Å². The van der Waals surface area contributed by atoms with Gasteiger partial charge in [-0.05, 0) is 31.4 Å². The topological polar surface area (TPSA) is 35.0 Å². The third-order valence-electron chi connectivity index (χ3n) is 2.71. The van der Waals surface area contributed by atoms with Crippen LogP contribution in [0.15, 0.2) is 30.6 Å². The highest BCUT2D eigenvalue weighted by atomic mass is 16.5.